The maximum Gasteiger partial charge on any atom is 0.206 e. The minimum Gasteiger partial charge on any atom is -0.491 e. The van der Waals surface area contributed by atoms with Crippen LogP contribution in [0.15, 0.2) is 58.3 Å². The van der Waals surface area contributed by atoms with Crippen molar-refractivity contribution < 1.29 is 27.4 Å². The molecular weight excluding hydrogens is 344 g/mol. The molecule has 2 aromatic rings. The highest BCUT2D eigenvalue weighted by atomic mass is 32.2. The molecule has 2 aliphatic heterocycles. The maximum atomic E-state index is 12.7. The molecule has 2 saturated heterocycles. The number of epoxide rings is 2. The van der Waals surface area contributed by atoms with Crippen molar-refractivity contribution in [3.05, 3.63) is 48.5 Å². The fourth-order valence-corrected chi connectivity index (χ4v) is 3.53. The van der Waals surface area contributed by atoms with Gasteiger partial charge in [-0.2, -0.15) is 0 Å². The molecule has 0 radical (unpaired) electrons. The van der Waals surface area contributed by atoms with Crippen molar-refractivity contribution in [1.82, 2.24) is 0 Å². The molecule has 2 fully saturated rings. The molecule has 6 nitrogen and oxygen atoms in total. The summed E-state index contributed by atoms with van der Waals surface area (Å²) in [7, 11) is -3.57. The van der Waals surface area contributed by atoms with Crippen LogP contribution in [0.5, 0.6) is 11.5 Å². The third-order valence-electron chi connectivity index (χ3n) is 3.94. The highest BCUT2D eigenvalue weighted by molar-refractivity contribution is 7.91. The summed E-state index contributed by atoms with van der Waals surface area (Å²) in [6.45, 7) is 2.42. The Kier molecular flexibility index (Phi) is 4.37. The van der Waals surface area contributed by atoms with Gasteiger partial charge in [0.15, 0.2) is 0 Å². The van der Waals surface area contributed by atoms with E-state index in [1.165, 1.54) is 0 Å². The molecule has 0 amide bonds. The number of sulfone groups is 1. The van der Waals surface area contributed by atoms with Gasteiger partial charge >= 0.3 is 0 Å². The highest BCUT2D eigenvalue weighted by Crippen LogP contribution is 2.25. The number of hydrogen-bond acceptors (Lipinski definition) is 6. The average molecular weight is 362 g/mol. The molecule has 0 bridgehead atoms. The Bertz CT molecular complexity index is 755. The average Bonchev–Trinajstić information content (AvgIpc) is 3.54. The van der Waals surface area contributed by atoms with Crippen LogP contribution in [-0.2, 0) is 19.3 Å². The normalized spacial score (nSPS) is 21.6. The molecule has 2 aliphatic rings. The van der Waals surface area contributed by atoms with Crippen molar-refractivity contribution in [2.45, 2.75) is 22.0 Å². The first-order valence-corrected chi connectivity index (χ1v) is 9.53. The van der Waals surface area contributed by atoms with Crippen LogP contribution in [0.2, 0.25) is 0 Å². The van der Waals surface area contributed by atoms with Crippen molar-refractivity contribution in [2.75, 3.05) is 26.4 Å². The number of hydrogen-bond donors (Lipinski definition) is 0. The summed E-state index contributed by atoms with van der Waals surface area (Å²) in [6, 6.07) is 12.8. The summed E-state index contributed by atoms with van der Waals surface area (Å²) in [5.41, 5.74) is 0. The monoisotopic (exact) mass is 362 g/mol. The van der Waals surface area contributed by atoms with Crippen LogP contribution in [0.1, 0.15) is 0 Å². The summed E-state index contributed by atoms with van der Waals surface area (Å²) in [4.78, 5) is 0.449. The zero-order valence-corrected chi connectivity index (χ0v) is 14.3. The lowest BCUT2D eigenvalue weighted by molar-refractivity contribution is 0.263. The predicted octanol–water partition coefficient (Wildman–Crippen LogP) is 2.07. The second-order valence-electron chi connectivity index (χ2n) is 5.98. The minimum atomic E-state index is -3.57. The molecule has 4 rings (SSSR count). The number of benzene rings is 2. The molecule has 0 unspecified atom stereocenters. The van der Waals surface area contributed by atoms with E-state index >= 15 is 0 Å². The van der Waals surface area contributed by atoms with E-state index in [9.17, 15) is 8.42 Å². The summed E-state index contributed by atoms with van der Waals surface area (Å²) in [5.74, 6) is 1.25. The minimum absolute atomic E-state index is 0.163. The molecule has 0 spiro atoms. The van der Waals surface area contributed by atoms with Crippen molar-refractivity contribution in [3.63, 3.8) is 0 Å². The molecule has 2 atom stereocenters. The Morgan fingerprint density at radius 3 is 1.44 bits per heavy atom. The summed E-state index contributed by atoms with van der Waals surface area (Å²) >= 11 is 0. The van der Waals surface area contributed by atoms with Crippen molar-refractivity contribution in [1.29, 1.82) is 0 Å². The molecule has 0 N–H and O–H groups in total. The van der Waals surface area contributed by atoms with Crippen LogP contribution >= 0.6 is 0 Å². The third kappa shape index (κ3) is 4.12. The summed E-state index contributed by atoms with van der Waals surface area (Å²) < 4.78 is 46.6. The van der Waals surface area contributed by atoms with Crippen LogP contribution < -0.4 is 9.47 Å². The molecular formula is C18H18O6S. The van der Waals surface area contributed by atoms with Gasteiger partial charge < -0.3 is 18.9 Å². The number of rotatable bonds is 8. The maximum absolute atomic E-state index is 12.7. The lowest BCUT2D eigenvalue weighted by Crippen LogP contribution is -2.06. The Balaban J connectivity index is 1.43. The Morgan fingerprint density at radius 2 is 1.12 bits per heavy atom. The summed E-state index contributed by atoms with van der Waals surface area (Å²) in [6.07, 6.45) is 0.325. The van der Waals surface area contributed by atoms with E-state index < -0.39 is 9.84 Å². The Labute approximate surface area is 146 Å². The fraction of sp³-hybridized carbons (Fsp3) is 0.333. The van der Waals surface area contributed by atoms with Crippen LogP contribution in [0.4, 0.5) is 0 Å². The second-order valence-corrected chi connectivity index (χ2v) is 7.93. The van der Waals surface area contributed by atoms with E-state index in [4.69, 9.17) is 18.9 Å². The van der Waals surface area contributed by atoms with Crippen LogP contribution in [0.25, 0.3) is 0 Å². The van der Waals surface area contributed by atoms with Gasteiger partial charge in [-0.25, -0.2) is 8.42 Å². The second kappa shape index (κ2) is 6.67. The Morgan fingerprint density at radius 1 is 0.760 bits per heavy atom. The molecule has 0 aromatic heterocycles. The first-order valence-electron chi connectivity index (χ1n) is 8.05. The van der Waals surface area contributed by atoms with Gasteiger partial charge in [0.05, 0.1) is 23.0 Å². The van der Waals surface area contributed by atoms with E-state index in [-0.39, 0.29) is 22.0 Å². The zero-order chi connectivity index (χ0) is 17.3. The lowest BCUT2D eigenvalue weighted by atomic mass is 10.3. The van der Waals surface area contributed by atoms with Crippen LogP contribution in [0, 0.1) is 0 Å². The zero-order valence-electron chi connectivity index (χ0n) is 13.5. The molecule has 25 heavy (non-hydrogen) atoms. The van der Waals surface area contributed by atoms with E-state index in [2.05, 4.69) is 0 Å². The lowest BCUT2D eigenvalue weighted by Gasteiger charge is -2.08. The van der Waals surface area contributed by atoms with Crippen molar-refractivity contribution in [2.24, 2.45) is 0 Å². The van der Waals surface area contributed by atoms with Gasteiger partial charge in [-0.3, -0.25) is 0 Å². The summed E-state index contributed by atoms with van der Waals surface area (Å²) in [5, 5.41) is 0. The smallest absolute Gasteiger partial charge is 0.206 e. The van der Waals surface area contributed by atoms with E-state index in [0.29, 0.717) is 24.7 Å². The van der Waals surface area contributed by atoms with Gasteiger partial charge in [0, 0.05) is 0 Å². The van der Waals surface area contributed by atoms with Crippen LogP contribution in [0.3, 0.4) is 0 Å². The van der Waals surface area contributed by atoms with Crippen molar-refractivity contribution >= 4 is 9.84 Å². The Hall–Kier alpha value is -2.09. The van der Waals surface area contributed by atoms with Gasteiger partial charge in [0.1, 0.15) is 36.9 Å². The van der Waals surface area contributed by atoms with Gasteiger partial charge in [-0.15, -0.1) is 0 Å². The van der Waals surface area contributed by atoms with E-state index in [0.717, 1.165) is 13.2 Å². The van der Waals surface area contributed by atoms with Gasteiger partial charge in [-0.05, 0) is 48.5 Å². The van der Waals surface area contributed by atoms with Gasteiger partial charge in [0.25, 0.3) is 0 Å². The standard InChI is InChI=1S/C18H18O6S/c19-25(20,17-5-1-13(2-6-17)21-9-15-11-23-15)18-7-3-14(4-8-18)22-10-16-12-24-16/h1-8,15-16H,9-12H2/t15-,16+. The molecule has 2 heterocycles. The fourth-order valence-electron chi connectivity index (χ4n) is 2.27. The molecule has 0 aliphatic carbocycles. The topological polar surface area (TPSA) is 77.7 Å². The first-order chi connectivity index (χ1) is 12.1. The van der Waals surface area contributed by atoms with Gasteiger partial charge in [-0.1, -0.05) is 0 Å². The SMILES string of the molecule is O=S(=O)(c1ccc(OC[C@@H]2CO2)cc1)c1ccc(OC[C@H]2CO2)cc1. The van der Waals surface area contributed by atoms with Crippen molar-refractivity contribution in [3.8, 4) is 11.5 Å². The van der Waals surface area contributed by atoms with Gasteiger partial charge in [0.2, 0.25) is 9.84 Å². The molecule has 132 valence electrons. The largest absolute Gasteiger partial charge is 0.491 e. The molecule has 7 heteroatoms. The highest BCUT2D eigenvalue weighted by Gasteiger charge is 2.24. The predicted molar refractivity (Wildman–Crippen MR) is 88.8 cm³/mol. The third-order valence-corrected chi connectivity index (χ3v) is 5.73. The van der Waals surface area contributed by atoms with E-state index in [1.54, 1.807) is 48.5 Å². The van der Waals surface area contributed by atoms with E-state index in [1.807, 2.05) is 0 Å². The molecule has 0 saturated carbocycles. The first kappa shape index (κ1) is 16.4. The molecule has 2 aromatic carbocycles. The quantitative estimate of drug-likeness (QED) is 0.669. The van der Waals surface area contributed by atoms with Crippen LogP contribution in [-0.4, -0.2) is 47.1 Å². The number of ether oxygens (including phenoxy) is 4.